The third-order valence-corrected chi connectivity index (χ3v) is 3.50. The van der Waals surface area contributed by atoms with E-state index in [1.54, 1.807) is 0 Å². The van der Waals surface area contributed by atoms with Gasteiger partial charge in [-0.2, -0.15) is 8.78 Å². The molecule has 0 aromatic heterocycles. The van der Waals surface area contributed by atoms with Gasteiger partial charge in [0.15, 0.2) is 6.10 Å². The fraction of sp³-hybridized carbons (Fsp3) is 0.211. The van der Waals surface area contributed by atoms with Crippen molar-refractivity contribution in [1.82, 2.24) is 10.6 Å². The first-order valence-corrected chi connectivity index (χ1v) is 8.23. The van der Waals surface area contributed by atoms with Gasteiger partial charge in [0.05, 0.1) is 5.56 Å². The van der Waals surface area contributed by atoms with Crippen LogP contribution in [0.4, 0.5) is 13.6 Å². The number of benzene rings is 2. The van der Waals surface area contributed by atoms with E-state index in [0.29, 0.717) is 0 Å². The van der Waals surface area contributed by atoms with Gasteiger partial charge in [-0.25, -0.2) is 9.59 Å². The minimum absolute atomic E-state index is 0.0368. The molecule has 2 aromatic carbocycles. The molecule has 28 heavy (non-hydrogen) atoms. The van der Waals surface area contributed by atoms with E-state index in [-0.39, 0.29) is 17.9 Å². The molecule has 148 valence electrons. The SMILES string of the molecule is C[C@H](OC(=O)c1ccc(OC(F)F)cc1)C(=O)NC(=O)NCc1ccccc1. The standard InChI is InChI=1S/C19H18F2N2O5/c1-12(16(24)23-19(26)22-11-13-5-3-2-4-6-13)27-17(25)14-7-9-15(10-8-14)28-18(20)21/h2-10,12,18H,11H2,1H3,(H2,22,23,24,26)/t12-/m0/s1. The summed E-state index contributed by atoms with van der Waals surface area (Å²) in [5, 5.41) is 4.57. The molecule has 1 atom stereocenters. The molecule has 9 heteroatoms. The summed E-state index contributed by atoms with van der Waals surface area (Å²) in [6, 6.07) is 13.1. The van der Waals surface area contributed by atoms with Crippen molar-refractivity contribution < 1.29 is 32.6 Å². The number of esters is 1. The fourth-order valence-electron chi connectivity index (χ4n) is 2.09. The molecule has 0 unspecified atom stereocenters. The van der Waals surface area contributed by atoms with Crippen LogP contribution in [0.3, 0.4) is 0 Å². The van der Waals surface area contributed by atoms with Gasteiger partial charge in [0.25, 0.3) is 5.91 Å². The van der Waals surface area contributed by atoms with Gasteiger partial charge in [0.2, 0.25) is 0 Å². The van der Waals surface area contributed by atoms with Gasteiger partial charge >= 0.3 is 18.6 Å². The molecule has 0 bridgehead atoms. The number of hydrogen-bond donors (Lipinski definition) is 2. The van der Waals surface area contributed by atoms with Crippen LogP contribution in [0.25, 0.3) is 0 Å². The van der Waals surface area contributed by atoms with Crippen LogP contribution in [0, 0.1) is 0 Å². The molecule has 0 spiro atoms. The molecule has 2 N–H and O–H groups in total. The van der Waals surface area contributed by atoms with Crippen molar-refractivity contribution in [2.75, 3.05) is 0 Å². The summed E-state index contributed by atoms with van der Waals surface area (Å²) in [6.07, 6.45) is -1.24. The average molecular weight is 392 g/mol. The lowest BCUT2D eigenvalue weighted by Gasteiger charge is -2.13. The van der Waals surface area contributed by atoms with Crippen LogP contribution in [0.5, 0.6) is 5.75 Å². The highest BCUT2D eigenvalue weighted by Gasteiger charge is 2.21. The summed E-state index contributed by atoms with van der Waals surface area (Å²) in [6.45, 7) is -1.46. The number of alkyl halides is 2. The Morgan fingerprint density at radius 2 is 1.64 bits per heavy atom. The van der Waals surface area contributed by atoms with Crippen molar-refractivity contribution in [2.24, 2.45) is 0 Å². The van der Waals surface area contributed by atoms with Crippen molar-refractivity contribution in [3.8, 4) is 5.75 Å². The van der Waals surface area contributed by atoms with E-state index in [1.807, 2.05) is 30.3 Å². The molecule has 0 aliphatic rings. The second-order valence-electron chi connectivity index (χ2n) is 5.61. The Hall–Kier alpha value is -3.49. The number of rotatable bonds is 7. The van der Waals surface area contributed by atoms with E-state index in [1.165, 1.54) is 31.2 Å². The predicted octanol–water partition coefficient (Wildman–Crippen LogP) is 2.86. The monoisotopic (exact) mass is 392 g/mol. The molecule has 0 heterocycles. The number of ether oxygens (including phenoxy) is 2. The molecule has 0 aliphatic carbocycles. The molecular formula is C19H18F2N2O5. The maximum absolute atomic E-state index is 12.1. The number of amides is 3. The summed E-state index contributed by atoms with van der Waals surface area (Å²) in [5.41, 5.74) is 0.888. The van der Waals surface area contributed by atoms with E-state index in [0.717, 1.165) is 5.56 Å². The molecule has 3 amide bonds. The van der Waals surface area contributed by atoms with E-state index < -0.39 is 30.6 Å². The predicted molar refractivity (Wildman–Crippen MR) is 94.8 cm³/mol. The average Bonchev–Trinajstić information content (AvgIpc) is 2.67. The summed E-state index contributed by atoms with van der Waals surface area (Å²) in [4.78, 5) is 35.7. The number of imide groups is 1. The minimum Gasteiger partial charge on any atom is -0.449 e. The molecule has 0 fully saturated rings. The van der Waals surface area contributed by atoms with Gasteiger partial charge in [0, 0.05) is 6.54 Å². The van der Waals surface area contributed by atoms with E-state index in [2.05, 4.69) is 15.4 Å². The lowest BCUT2D eigenvalue weighted by Crippen LogP contribution is -2.44. The second kappa shape index (κ2) is 10.0. The highest BCUT2D eigenvalue weighted by Crippen LogP contribution is 2.15. The molecule has 0 saturated heterocycles. The molecule has 0 aliphatic heterocycles. The zero-order valence-corrected chi connectivity index (χ0v) is 14.9. The number of carbonyl (C=O) groups is 3. The highest BCUT2D eigenvalue weighted by molar-refractivity contribution is 5.98. The van der Waals surface area contributed by atoms with Gasteiger partial charge in [-0.05, 0) is 36.8 Å². The Kier molecular flexibility index (Phi) is 7.44. The maximum Gasteiger partial charge on any atom is 0.387 e. The quantitative estimate of drug-likeness (QED) is 0.707. The summed E-state index contributed by atoms with van der Waals surface area (Å²) >= 11 is 0. The number of hydrogen-bond acceptors (Lipinski definition) is 5. The maximum atomic E-state index is 12.1. The van der Waals surface area contributed by atoms with Crippen molar-refractivity contribution in [2.45, 2.75) is 26.2 Å². The zero-order valence-electron chi connectivity index (χ0n) is 14.9. The lowest BCUT2D eigenvalue weighted by molar-refractivity contribution is -0.127. The Labute approximate surface area is 159 Å². The highest BCUT2D eigenvalue weighted by atomic mass is 19.3. The van der Waals surface area contributed by atoms with Crippen LogP contribution in [0.15, 0.2) is 54.6 Å². The lowest BCUT2D eigenvalue weighted by atomic mass is 10.2. The van der Waals surface area contributed by atoms with Crippen molar-refractivity contribution in [3.05, 3.63) is 65.7 Å². The van der Waals surface area contributed by atoms with Crippen LogP contribution >= 0.6 is 0 Å². The van der Waals surface area contributed by atoms with Gasteiger partial charge in [-0.3, -0.25) is 10.1 Å². The van der Waals surface area contributed by atoms with Crippen LogP contribution < -0.4 is 15.4 Å². The number of nitrogens with one attached hydrogen (secondary N) is 2. The number of urea groups is 1. The fourth-order valence-corrected chi connectivity index (χ4v) is 2.09. The molecular weight excluding hydrogens is 374 g/mol. The largest absolute Gasteiger partial charge is 0.449 e. The first-order valence-electron chi connectivity index (χ1n) is 8.23. The smallest absolute Gasteiger partial charge is 0.387 e. The van der Waals surface area contributed by atoms with Gasteiger partial charge in [0.1, 0.15) is 5.75 Å². The Bertz CT molecular complexity index is 813. The molecule has 2 rings (SSSR count). The van der Waals surface area contributed by atoms with Crippen LogP contribution in [0.1, 0.15) is 22.8 Å². The second-order valence-corrected chi connectivity index (χ2v) is 5.61. The first-order chi connectivity index (χ1) is 13.3. The molecule has 2 aromatic rings. The normalized spacial score (nSPS) is 11.4. The van der Waals surface area contributed by atoms with Crippen molar-refractivity contribution in [3.63, 3.8) is 0 Å². The molecule has 0 saturated carbocycles. The third kappa shape index (κ3) is 6.67. The Morgan fingerprint density at radius 1 is 1.00 bits per heavy atom. The molecule has 7 nitrogen and oxygen atoms in total. The van der Waals surface area contributed by atoms with Crippen LogP contribution in [-0.4, -0.2) is 30.6 Å². The Morgan fingerprint density at radius 3 is 2.25 bits per heavy atom. The Balaban J connectivity index is 1.80. The number of halogens is 2. The van der Waals surface area contributed by atoms with E-state index in [9.17, 15) is 23.2 Å². The van der Waals surface area contributed by atoms with Crippen LogP contribution in [-0.2, 0) is 16.1 Å². The summed E-state index contributed by atoms with van der Waals surface area (Å²) in [7, 11) is 0. The van der Waals surface area contributed by atoms with Crippen molar-refractivity contribution >= 4 is 17.9 Å². The van der Waals surface area contributed by atoms with E-state index >= 15 is 0 Å². The van der Waals surface area contributed by atoms with Gasteiger partial charge in [-0.15, -0.1) is 0 Å². The van der Waals surface area contributed by atoms with Crippen molar-refractivity contribution in [1.29, 1.82) is 0 Å². The number of carbonyl (C=O) groups excluding carboxylic acids is 3. The van der Waals surface area contributed by atoms with Gasteiger partial charge in [-0.1, -0.05) is 30.3 Å². The van der Waals surface area contributed by atoms with Crippen LogP contribution in [0.2, 0.25) is 0 Å². The topological polar surface area (TPSA) is 93.7 Å². The minimum atomic E-state index is -2.98. The summed E-state index contributed by atoms with van der Waals surface area (Å²) in [5.74, 6) is -1.78. The van der Waals surface area contributed by atoms with Gasteiger partial charge < -0.3 is 14.8 Å². The van der Waals surface area contributed by atoms with E-state index in [4.69, 9.17) is 4.74 Å². The summed E-state index contributed by atoms with van der Waals surface area (Å²) < 4.78 is 33.3. The molecule has 0 radical (unpaired) electrons. The first kappa shape index (κ1) is 20.8. The zero-order chi connectivity index (χ0) is 20.5. The third-order valence-electron chi connectivity index (χ3n) is 3.50.